The Morgan fingerprint density at radius 2 is 1.81 bits per heavy atom. The highest BCUT2D eigenvalue weighted by Gasteiger charge is 1.99. The summed E-state index contributed by atoms with van der Waals surface area (Å²) in [6.45, 7) is 4.88. The van der Waals surface area contributed by atoms with E-state index in [1.54, 1.807) is 0 Å². The van der Waals surface area contributed by atoms with Crippen LogP contribution in [0.3, 0.4) is 0 Å². The maximum Gasteiger partial charge on any atom is 0.329 e. The van der Waals surface area contributed by atoms with E-state index < -0.39 is 0 Å². The van der Waals surface area contributed by atoms with Crippen molar-refractivity contribution in [3.8, 4) is 0 Å². The van der Waals surface area contributed by atoms with Crippen molar-refractivity contribution in [3.63, 3.8) is 0 Å². The number of rotatable bonds is 4. The monoisotopic (exact) mass is 221 g/mol. The Morgan fingerprint density at radius 1 is 1.25 bits per heavy atom. The van der Waals surface area contributed by atoms with Crippen LogP contribution in [0.4, 0.5) is 4.79 Å². The van der Waals surface area contributed by atoms with Crippen LogP contribution in [0.15, 0.2) is 24.3 Å². The molecule has 0 bridgehead atoms. The molecule has 1 rings (SSSR count). The molecule has 0 saturated heterocycles. The minimum Gasteiger partial charge on any atom is -0.333 e. The van der Waals surface area contributed by atoms with E-state index in [0.29, 0.717) is 12.5 Å². The topological polar surface area (TPSA) is 67.2 Å². The van der Waals surface area contributed by atoms with Gasteiger partial charge in [0.25, 0.3) is 0 Å². The number of benzene rings is 1. The third-order valence-corrected chi connectivity index (χ3v) is 2.25. The van der Waals surface area contributed by atoms with Crippen LogP contribution in [0.25, 0.3) is 0 Å². The van der Waals surface area contributed by atoms with Gasteiger partial charge in [0, 0.05) is 6.54 Å². The fraction of sp³-hybridized carbons (Fsp3) is 0.417. The van der Waals surface area contributed by atoms with Crippen LogP contribution in [0.2, 0.25) is 0 Å². The van der Waals surface area contributed by atoms with Crippen molar-refractivity contribution in [2.24, 2.45) is 11.8 Å². The van der Waals surface area contributed by atoms with Crippen molar-refractivity contribution >= 4 is 6.03 Å². The van der Waals surface area contributed by atoms with Crippen molar-refractivity contribution in [1.29, 1.82) is 0 Å². The van der Waals surface area contributed by atoms with E-state index in [4.69, 9.17) is 5.84 Å². The lowest BCUT2D eigenvalue weighted by Gasteiger charge is -2.07. The number of urea groups is 1. The summed E-state index contributed by atoms with van der Waals surface area (Å²) in [7, 11) is 0. The first-order chi connectivity index (χ1) is 7.61. The van der Waals surface area contributed by atoms with E-state index in [-0.39, 0.29) is 6.03 Å². The van der Waals surface area contributed by atoms with Gasteiger partial charge in [-0.15, -0.1) is 0 Å². The van der Waals surface area contributed by atoms with Crippen LogP contribution in [-0.2, 0) is 13.0 Å². The molecule has 1 aromatic carbocycles. The standard InChI is InChI=1S/C12H19N3O/c1-9(2)7-10-3-5-11(6-4-10)8-14-12(16)15-13/h3-6,9H,7-8,13H2,1-2H3,(H2,14,15,16). The van der Waals surface area contributed by atoms with Crippen LogP contribution in [0.5, 0.6) is 0 Å². The molecule has 0 aliphatic rings. The first kappa shape index (κ1) is 12.5. The van der Waals surface area contributed by atoms with Gasteiger partial charge in [-0.05, 0) is 23.5 Å². The molecule has 0 atom stereocenters. The maximum absolute atomic E-state index is 10.9. The van der Waals surface area contributed by atoms with Gasteiger partial charge in [-0.3, -0.25) is 5.43 Å². The van der Waals surface area contributed by atoms with Gasteiger partial charge < -0.3 is 5.32 Å². The van der Waals surface area contributed by atoms with Crippen molar-refractivity contribution in [2.45, 2.75) is 26.8 Å². The van der Waals surface area contributed by atoms with Crippen LogP contribution in [0, 0.1) is 5.92 Å². The Balaban J connectivity index is 2.48. The molecule has 4 N–H and O–H groups in total. The SMILES string of the molecule is CC(C)Cc1ccc(CNC(=O)NN)cc1. The van der Waals surface area contributed by atoms with Gasteiger partial charge in [-0.1, -0.05) is 38.1 Å². The maximum atomic E-state index is 10.9. The molecule has 0 spiro atoms. The van der Waals surface area contributed by atoms with E-state index in [0.717, 1.165) is 12.0 Å². The molecule has 88 valence electrons. The molecule has 1 aromatic rings. The Hall–Kier alpha value is -1.55. The lowest BCUT2D eigenvalue weighted by Crippen LogP contribution is -2.39. The number of nitrogens with one attached hydrogen (secondary N) is 2. The quantitative estimate of drug-likeness (QED) is 0.410. The fourth-order valence-electron chi connectivity index (χ4n) is 1.50. The molecular formula is C12H19N3O. The molecule has 0 heterocycles. The predicted molar refractivity (Wildman–Crippen MR) is 64.5 cm³/mol. The van der Waals surface area contributed by atoms with E-state index in [1.165, 1.54) is 5.56 Å². The molecule has 0 radical (unpaired) electrons. The molecule has 4 heteroatoms. The summed E-state index contributed by atoms with van der Waals surface area (Å²) in [5.41, 5.74) is 4.41. The fourth-order valence-corrected chi connectivity index (χ4v) is 1.50. The van der Waals surface area contributed by atoms with E-state index in [9.17, 15) is 4.79 Å². The van der Waals surface area contributed by atoms with Crippen LogP contribution >= 0.6 is 0 Å². The lowest BCUT2D eigenvalue weighted by atomic mass is 10.0. The van der Waals surface area contributed by atoms with Crippen LogP contribution < -0.4 is 16.6 Å². The molecule has 0 unspecified atom stereocenters. The van der Waals surface area contributed by atoms with Gasteiger partial charge in [0.2, 0.25) is 0 Å². The van der Waals surface area contributed by atoms with E-state index in [2.05, 4.69) is 31.3 Å². The van der Waals surface area contributed by atoms with Crippen LogP contribution in [0.1, 0.15) is 25.0 Å². The highest BCUT2D eigenvalue weighted by molar-refractivity contribution is 5.72. The summed E-state index contributed by atoms with van der Waals surface area (Å²) in [5.74, 6) is 5.61. The first-order valence-corrected chi connectivity index (χ1v) is 5.44. The molecule has 0 aliphatic carbocycles. The molecule has 0 saturated carbocycles. The summed E-state index contributed by atoms with van der Waals surface area (Å²) < 4.78 is 0. The average Bonchev–Trinajstić information content (AvgIpc) is 2.27. The molecule has 0 aliphatic heterocycles. The Labute approximate surface area is 96.2 Å². The minimum atomic E-state index is -0.369. The Morgan fingerprint density at radius 3 is 2.31 bits per heavy atom. The number of nitrogens with two attached hydrogens (primary N) is 1. The summed E-state index contributed by atoms with van der Waals surface area (Å²) in [4.78, 5) is 10.9. The summed E-state index contributed by atoms with van der Waals surface area (Å²) in [5, 5.41) is 2.63. The molecular weight excluding hydrogens is 202 g/mol. The lowest BCUT2D eigenvalue weighted by molar-refractivity contribution is 0.241. The third kappa shape index (κ3) is 4.31. The van der Waals surface area contributed by atoms with Crippen molar-refractivity contribution in [2.75, 3.05) is 0 Å². The molecule has 2 amide bonds. The highest BCUT2D eigenvalue weighted by Crippen LogP contribution is 2.09. The summed E-state index contributed by atoms with van der Waals surface area (Å²) in [6.07, 6.45) is 1.08. The van der Waals surface area contributed by atoms with Gasteiger partial charge in [-0.25, -0.2) is 10.6 Å². The van der Waals surface area contributed by atoms with E-state index >= 15 is 0 Å². The van der Waals surface area contributed by atoms with Gasteiger partial charge in [0.1, 0.15) is 0 Å². The number of carbonyl (C=O) groups is 1. The van der Waals surface area contributed by atoms with Gasteiger partial charge in [0.05, 0.1) is 0 Å². The molecule has 0 aromatic heterocycles. The van der Waals surface area contributed by atoms with Gasteiger partial charge in [0.15, 0.2) is 0 Å². The predicted octanol–water partition coefficient (Wildman–Crippen LogP) is 1.56. The number of hydrazine groups is 1. The van der Waals surface area contributed by atoms with E-state index in [1.807, 2.05) is 17.6 Å². The zero-order valence-corrected chi connectivity index (χ0v) is 9.79. The second kappa shape index (κ2) is 6.12. The number of carbonyl (C=O) groups excluding carboxylic acids is 1. The first-order valence-electron chi connectivity index (χ1n) is 5.44. The number of hydrogen-bond acceptors (Lipinski definition) is 2. The molecule has 4 nitrogen and oxygen atoms in total. The Bertz CT molecular complexity index is 333. The molecule has 16 heavy (non-hydrogen) atoms. The minimum absolute atomic E-state index is 0.369. The third-order valence-electron chi connectivity index (χ3n) is 2.25. The normalized spacial score (nSPS) is 10.2. The van der Waals surface area contributed by atoms with Crippen molar-refractivity contribution < 1.29 is 4.79 Å². The molecule has 0 fully saturated rings. The second-order valence-electron chi connectivity index (χ2n) is 4.24. The Kier molecular flexibility index (Phi) is 4.79. The highest BCUT2D eigenvalue weighted by atomic mass is 16.2. The van der Waals surface area contributed by atoms with Crippen molar-refractivity contribution in [3.05, 3.63) is 35.4 Å². The van der Waals surface area contributed by atoms with Gasteiger partial charge >= 0.3 is 6.03 Å². The largest absolute Gasteiger partial charge is 0.333 e. The van der Waals surface area contributed by atoms with Crippen LogP contribution in [-0.4, -0.2) is 6.03 Å². The average molecular weight is 221 g/mol. The summed E-state index contributed by atoms with van der Waals surface area (Å²) >= 11 is 0. The zero-order valence-electron chi connectivity index (χ0n) is 9.79. The smallest absolute Gasteiger partial charge is 0.329 e. The van der Waals surface area contributed by atoms with Crippen molar-refractivity contribution in [1.82, 2.24) is 10.7 Å². The second-order valence-corrected chi connectivity index (χ2v) is 4.24. The van der Waals surface area contributed by atoms with Gasteiger partial charge in [-0.2, -0.15) is 0 Å². The number of amides is 2. The zero-order chi connectivity index (χ0) is 12.0. The number of hydrogen-bond donors (Lipinski definition) is 3. The summed E-state index contributed by atoms with van der Waals surface area (Å²) in [6, 6.07) is 7.86.